The lowest BCUT2D eigenvalue weighted by Crippen LogP contribution is -2.36. The molecule has 0 saturated heterocycles. The standard InChI is InChI=1S/C9H13Cl2N3O/c1-9(2,5-15-3)12-6-4-7(10)13-14-8(6)11/h4H,5H2,1-3H3,(H,12,13). The van der Waals surface area contributed by atoms with Crippen molar-refractivity contribution >= 4 is 28.9 Å². The van der Waals surface area contributed by atoms with Crippen LogP contribution in [0, 0.1) is 0 Å². The second-order valence-corrected chi connectivity index (χ2v) is 4.56. The van der Waals surface area contributed by atoms with Gasteiger partial charge in [-0.05, 0) is 13.8 Å². The van der Waals surface area contributed by atoms with Gasteiger partial charge >= 0.3 is 0 Å². The van der Waals surface area contributed by atoms with E-state index >= 15 is 0 Å². The van der Waals surface area contributed by atoms with Crippen molar-refractivity contribution in [3.05, 3.63) is 16.4 Å². The summed E-state index contributed by atoms with van der Waals surface area (Å²) in [5.41, 5.74) is 0.406. The van der Waals surface area contributed by atoms with Crippen molar-refractivity contribution in [3.8, 4) is 0 Å². The lowest BCUT2D eigenvalue weighted by atomic mass is 10.1. The number of ether oxygens (including phenoxy) is 1. The zero-order chi connectivity index (χ0) is 11.5. The fourth-order valence-corrected chi connectivity index (χ4v) is 1.49. The first-order valence-corrected chi connectivity index (χ1v) is 5.16. The molecule has 1 heterocycles. The highest BCUT2D eigenvalue weighted by Crippen LogP contribution is 2.24. The van der Waals surface area contributed by atoms with E-state index in [1.807, 2.05) is 13.8 Å². The average Bonchev–Trinajstić information content (AvgIpc) is 2.10. The molecule has 0 spiro atoms. The summed E-state index contributed by atoms with van der Waals surface area (Å²) < 4.78 is 5.07. The van der Waals surface area contributed by atoms with Gasteiger partial charge in [0.05, 0.1) is 17.8 Å². The molecule has 1 aromatic heterocycles. The molecule has 84 valence electrons. The number of anilines is 1. The van der Waals surface area contributed by atoms with Crippen LogP contribution < -0.4 is 5.32 Å². The molecule has 6 heteroatoms. The number of aromatic nitrogens is 2. The molecule has 0 aliphatic rings. The van der Waals surface area contributed by atoms with Crippen LogP contribution in [0.15, 0.2) is 6.07 Å². The topological polar surface area (TPSA) is 47.0 Å². The van der Waals surface area contributed by atoms with Crippen molar-refractivity contribution in [1.29, 1.82) is 0 Å². The maximum Gasteiger partial charge on any atom is 0.174 e. The highest BCUT2D eigenvalue weighted by atomic mass is 35.5. The summed E-state index contributed by atoms with van der Waals surface area (Å²) >= 11 is 11.6. The predicted molar refractivity (Wildman–Crippen MR) is 61.6 cm³/mol. The summed E-state index contributed by atoms with van der Waals surface area (Å²) in [7, 11) is 1.64. The fraction of sp³-hybridized carbons (Fsp3) is 0.556. The molecule has 1 rings (SSSR count). The van der Waals surface area contributed by atoms with Crippen LogP contribution in [-0.2, 0) is 4.74 Å². The smallest absolute Gasteiger partial charge is 0.174 e. The summed E-state index contributed by atoms with van der Waals surface area (Å²) in [6.45, 7) is 4.52. The molecule has 0 aliphatic carbocycles. The van der Waals surface area contributed by atoms with Crippen LogP contribution >= 0.6 is 23.2 Å². The second kappa shape index (κ2) is 4.96. The van der Waals surface area contributed by atoms with Gasteiger partial charge in [0, 0.05) is 13.2 Å². The van der Waals surface area contributed by atoms with E-state index in [1.54, 1.807) is 13.2 Å². The third-order valence-corrected chi connectivity index (χ3v) is 2.16. The number of nitrogens with zero attached hydrogens (tertiary/aromatic N) is 2. The Morgan fingerprint density at radius 1 is 1.40 bits per heavy atom. The predicted octanol–water partition coefficient (Wildman–Crippen LogP) is 2.62. The molecule has 0 fully saturated rings. The zero-order valence-corrected chi connectivity index (χ0v) is 10.4. The van der Waals surface area contributed by atoms with E-state index in [9.17, 15) is 0 Å². The van der Waals surface area contributed by atoms with Crippen LogP contribution in [-0.4, -0.2) is 29.5 Å². The van der Waals surface area contributed by atoms with Gasteiger partial charge in [0.15, 0.2) is 10.3 Å². The normalized spacial score (nSPS) is 11.5. The molecule has 1 aromatic rings. The van der Waals surface area contributed by atoms with Gasteiger partial charge in [-0.2, -0.15) is 0 Å². The Hall–Kier alpha value is -0.580. The molecule has 0 amide bonds. The minimum atomic E-state index is -0.245. The Balaban J connectivity index is 2.83. The van der Waals surface area contributed by atoms with Crippen LogP contribution in [0.1, 0.15) is 13.8 Å². The van der Waals surface area contributed by atoms with Gasteiger partial charge in [-0.1, -0.05) is 23.2 Å². The Bertz CT molecular complexity index is 344. The monoisotopic (exact) mass is 249 g/mol. The van der Waals surface area contributed by atoms with Crippen LogP contribution in [0.2, 0.25) is 10.3 Å². The van der Waals surface area contributed by atoms with Gasteiger partial charge in [-0.15, -0.1) is 10.2 Å². The minimum absolute atomic E-state index is 0.245. The lowest BCUT2D eigenvalue weighted by molar-refractivity contribution is 0.158. The first-order chi connectivity index (χ1) is 6.94. The van der Waals surface area contributed by atoms with Crippen molar-refractivity contribution in [3.63, 3.8) is 0 Å². The Labute approximate surface area is 98.9 Å². The number of halogens is 2. The largest absolute Gasteiger partial charge is 0.382 e. The van der Waals surface area contributed by atoms with Crippen molar-refractivity contribution < 1.29 is 4.74 Å². The zero-order valence-electron chi connectivity index (χ0n) is 8.84. The van der Waals surface area contributed by atoms with Crippen LogP contribution in [0.5, 0.6) is 0 Å². The van der Waals surface area contributed by atoms with Gasteiger partial charge in [0.25, 0.3) is 0 Å². The van der Waals surface area contributed by atoms with Crippen molar-refractivity contribution in [2.24, 2.45) is 0 Å². The summed E-state index contributed by atoms with van der Waals surface area (Å²) in [6.07, 6.45) is 0. The van der Waals surface area contributed by atoms with Gasteiger partial charge in [0.2, 0.25) is 0 Å². The lowest BCUT2D eigenvalue weighted by Gasteiger charge is -2.26. The molecule has 0 bridgehead atoms. The van der Waals surface area contributed by atoms with Gasteiger partial charge in [-0.25, -0.2) is 0 Å². The highest BCUT2D eigenvalue weighted by molar-refractivity contribution is 6.33. The van der Waals surface area contributed by atoms with Gasteiger partial charge in [-0.3, -0.25) is 0 Å². The van der Waals surface area contributed by atoms with Crippen LogP contribution in [0.25, 0.3) is 0 Å². The quantitative estimate of drug-likeness (QED) is 0.892. The van der Waals surface area contributed by atoms with E-state index in [-0.39, 0.29) is 5.54 Å². The van der Waals surface area contributed by atoms with Crippen molar-refractivity contribution in [2.75, 3.05) is 19.0 Å². The number of nitrogens with one attached hydrogen (secondary N) is 1. The van der Waals surface area contributed by atoms with Crippen molar-refractivity contribution in [1.82, 2.24) is 10.2 Å². The molecule has 15 heavy (non-hydrogen) atoms. The third kappa shape index (κ3) is 3.81. The number of methoxy groups -OCH3 is 1. The van der Waals surface area contributed by atoms with E-state index in [0.717, 1.165) is 0 Å². The maximum atomic E-state index is 5.87. The SMILES string of the molecule is COCC(C)(C)Nc1cc(Cl)nnc1Cl. The Morgan fingerprint density at radius 3 is 2.67 bits per heavy atom. The third-order valence-electron chi connectivity index (χ3n) is 1.70. The molecule has 0 atom stereocenters. The summed E-state index contributed by atoms with van der Waals surface area (Å²) in [5.74, 6) is 0. The first-order valence-electron chi connectivity index (χ1n) is 4.40. The molecule has 0 radical (unpaired) electrons. The van der Waals surface area contributed by atoms with Gasteiger partial charge < -0.3 is 10.1 Å². The molecular formula is C9H13Cl2N3O. The molecule has 0 aromatic carbocycles. The average molecular weight is 250 g/mol. The molecule has 0 unspecified atom stereocenters. The molecule has 0 aliphatic heterocycles. The van der Waals surface area contributed by atoms with E-state index in [4.69, 9.17) is 27.9 Å². The molecule has 4 nitrogen and oxygen atoms in total. The number of rotatable bonds is 4. The molecule has 0 saturated carbocycles. The van der Waals surface area contributed by atoms with Crippen LogP contribution in [0.3, 0.4) is 0 Å². The van der Waals surface area contributed by atoms with E-state index < -0.39 is 0 Å². The molecular weight excluding hydrogens is 237 g/mol. The highest BCUT2D eigenvalue weighted by Gasteiger charge is 2.19. The van der Waals surface area contributed by atoms with E-state index in [1.165, 1.54) is 0 Å². The summed E-state index contributed by atoms with van der Waals surface area (Å²) in [5, 5.41) is 11.1. The van der Waals surface area contributed by atoms with Crippen molar-refractivity contribution in [2.45, 2.75) is 19.4 Å². The van der Waals surface area contributed by atoms with Crippen LogP contribution in [0.4, 0.5) is 5.69 Å². The number of hydrogen-bond acceptors (Lipinski definition) is 4. The summed E-state index contributed by atoms with van der Waals surface area (Å²) in [4.78, 5) is 0. The van der Waals surface area contributed by atoms with Gasteiger partial charge in [0.1, 0.15) is 0 Å². The fourth-order valence-electron chi connectivity index (χ4n) is 1.20. The number of hydrogen-bond donors (Lipinski definition) is 1. The minimum Gasteiger partial charge on any atom is -0.382 e. The van der Waals surface area contributed by atoms with E-state index in [2.05, 4.69) is 15.5 Å². The summed E-state index contributed by atoms with van der Waals surface area (Å²) in [6, 6.07) is 1.63. The maximum absolute atomic E-state index is 5.87. The Kier molecular flexibility index (Phi) is 4.13. The van der Waals surface area contributed by atoms with E-state index in [0.29, 0.717) is 22.6 Å². The molecule has 1 N–H and O–H groups in total. The second-order valence-electron chi connectivity index (χ2n) is 3.81. The Morgan fingerprint density at radius 2 is 2.07 bits per heavy atom. The first kappa shape index (κ1) is 12.5.